The van der Waals surface area contributed by atoms with Crippen LogP contribution in [0.5, 0.6) is 0 Å². The van der Waals surface area contributed by atoms with E-state index < -0.39 is 52.0 Å². The monoisotopic (exact) mass is 591 g/mol. The summed E-state index contributed by atoms with van der Waals surface area (Å²) in [6.07, 6.45) is 3.08. The molecule has 2 bridgehead atoms. The van der Waals surface area contributed by atoms with E-state index in [1.54, 1.807) is 47.6 Å². The Balaban J connectivity index is 1.33. The number of benzene rings is 1. The molecule has 0 radical (unpaired) electrons. The smallest absolute Gasteiger partial charge is 0.309 e. The van der Waals surface area contributed by atoms with Gasteiger partial charge in [0.2, 0.25) is 12.4 Å². The van der Waals surface area contributed by atoms with Crippen LogP contribution in [0.1, 0.15) is 49.5 Å². The summed E-state index contributed by atoms with van der Waals surface area (Å²) >= 11 is 0. The molecule has 2 fully saturated rings. The van der Waals surface area contributed by atoms with Crippen molar-refractivity contribution in [2.45, 2.75) is 57.8 Å². The van der Waals surface area contributed by atoms with Crippen molar-refractivity contribution >= 4 is 34.3 Å². The minimum Gasteiger partial charge on any atom is -0.309 e. The van der Waals surface area contributed by atoms with Crippen LogP contribution < -0.4 is 20.4 Å². The van der Waals surface area contributed by atoms with Gasteiger partial charge in [0.25, 0.3) is 11.8 Å². The summed E-state index contributed by atoms with van der Waals surface area (Å²) < 4.78 is 36.6. The van der Waals surface area contributed by atoms with E-state index in [0.717, 1.165) is 10.5 Å². The number of rotatable bonds is 7. The van der Waals surface area contributed by atoms with Crippen LogP contribution in [0.4, 0.5) is 9.59 Å². The maximum absolute atomic E-state index is 12.9. The lowest BCUT2D eigenvalue weighted by Gasteiger charge is -2.33. The second-order valence-corrected chi connectivity index (χ2v) is 11.5. The Labute approximate surface area is 236 Å². The maximum Gasteiger partial charge on any atom is 0.479 e. The highest BCUT2D eigenvalue weighted by molar-refractivity contribution is 7.80. The van der Waals surface area contributed by atoms with E-state index in [1.165, 1.54) is 16.9 Å². The number of urea groups is 1. The number of hydrogen-bond acceptors (Lipinski definition) is 8. The van der Waals surface area contributed by atoms with Gasteiger partial charge < -0.3 is 4.90 Å². The summed E-state index contributed by atoms with van der Waals surface area (Å²) in [6.45, 7) is 5.84. The maximum atomic E-state index is 12.9. The fourth-order valence-corrected chi connectivity index (χ4v) is 4.87. The van der Waals surface area contributed by atoms with Crippen molar-refractivity contribution in [2.75, 3.05) is 6.54 Å². The molecule has 0 unspecified atom stereocenters. The van der Waals surface area contributed by atoms with E-state index >= 15 is 0 Å². The van der Waals surface area contributed by atoms with Gasteiger partial charge >= 0.3 is 22.5 Å². The van der Waals surface area contributed by atoms with Gasteiger partial charge in [0.15, 0.2) is 0 Å². The summed E-state index contributed by atoms with van der Waals surface area (Å²) in [5, 5.41) is 0.531. The van der Waals surface area contributed by atoms with Crippen LogP contribution in [0.15, 0.2) is 54.9 Å². The van der Waals surface area contributed by atoms with Crippen molar-refractivity contribution in [2.24, 2.45) is 0 Å². The largest absolute Gasteiger partial charge is 0.479 e. The number of fused-ring (bicyclic) bond motifs is 2. The molecule has 2 aliphatic heterocycles. The number of nitrogens with zero attached hydrogens (tertiary/aromatic N) is 4. The van der Waals surface area contributed by atoms with E-state index in [0.29, 0.717) is 5.06 Å². The number of carbonyl (C=O) groups excluding carboxylic acids is 4. The average molecular weight is 592 g/mol. The zero-order chi connectivity index (χ0) is 29.9. The van der Waals surface area contributed by atoms with E-state index in [4.69, 9.17) is 9.39 Å². The molecule has 3 N–H and O–H groups in total. The number of carbonyl (C=O) groups is 4. The number of hydrogen-bond donors (Lipinski definition) is 3. The molecule has 0 spiro atoms. The summed E-state index contributed by atoms with van der Waals surface area (Å²) in [4.78, 5) is 58.8. The third-order valence-electron chi connectivity index (χ3n) is 6.56. The van der Waals surface area contributed by atoms with Crippen LogP contribution in [0.25, 0.3) is 0 Å². The number of pyridine rings is 1. The molecule has 1 aromatic carbocycles. The Hall–Kier alpha value is -4.28. The first-order valence-corrected chi connectivity index (χ1v) is 14.0. The van der Waals surface area contributed by atoms with Crippen molar-refractivity contribution in [3.63, 3.8) is 0 Å². The van der Waals surface area contributed by atoms with Crippen LogP contribution >= 0.6 is 0 Å². The first-order chi connectivity index (χ1) is 19.2. The van der Waals surface area contributed by atoms with Gasteiger partial charge in [-0.05, 0) is 51.3 Å². The zero-order valence-corrected chi connectivity index (χ0v) is 23.4. The molecule has 1 aromatic heterocycles. The lowest BCUT2D eigenvalue weighted by molar-refractivity contribution is -0.869. The van der Waals surface area contributed by atoms with Crippen LogP contribution in [0.2, 0.25) is 0 Å². The summed E-state index contributed by atoms with van der Waals surface area (Å²) in [7, 11) is -4.91. The molecule has 220 valence electrons. The standard InChI is InChI=1S/C25H30N6O9S/c1-25(2,3)30(24(35)39-28-13-5-4-6-14-28)15-17-7-9-18(10-8-17)21(32)26-27-22(33)20-12-11-19-16-29(20)23(34)31(19)40-41(36,37)38/h4-10,13-14,19-20H,11-12,15-16H2,1-3H3,(H2-,26,27,32,33,36,37,38)/p+1/t19-,20+/m1/s1. The molecule has 0 aliphatic carbocycles. The highest BCUT2D eigenvalue weighted by Crippen LogP contribution is 2.30. The van der Waals surface area contributed by atoms with E-state index in [9.17, 15) is 27.6 Å². The molecule has 2 aromatic rings. The second kappa shape index (κ2) is 11.7. The lowest BCUT2D eigenvalue weighted by atomic mass is 10.0. The predicted molar refractivity (Wildman–Crippen MR) is 139 cm³/mol. The number of hydroxylamine groups is 2. The van der Waals surface area contributed by atoms with E-state index in [1.807, 2.05) is 20.8 Å². The molecule has 3 heterocycles. The van der Waals surface area contributed by atoms with Gasteiger partial charge in [-0.3, -0.25) is 29.9 Å². The molecule has 5 amide bonds. The average Bonchev–Trinajstić information content (AvgIpc) is 3.13. The van der Waals surface area contributed by atoms with Crippen LogP contribution in [0, 0.1) is 0 Å². The van der Waals surface area contributed by atoms with Gasteiger partial charge in [0.1, 0.15) is 6.04 Å². The number of aromatic nitrogens is 1. The van der Waals surface area contributed by atoms with Crippen molar-refractivity contribution in [1.82, 2.24) is 25.7 Å². The molecule has 2 aliphatic rings. The fraction of sp³-hybridized carbons (Fsp3) is 0.400. The first kappa shape index (κ1) is 29.7. The molecule has 15 nitrogen and oxygen atoms in total. The third kappa shape index (κ3) is 7.27. The Kier molecular flexibility index (Phi) is 8.46. The van der Waals surface area contributed by atoms with Gasteiger partial charge in [0, 0.05) is 41.1 Å². The quantitative estimate of drug-likeness (QED) is 0.236. The number of piperidine rings is 1. The van der Waals surface area contributed by atoms with Crippen LogP contribution in [0.3, 0.4) is 0 Å². The second-order valence-electron chi connectivity index (χ2n) is 10.5. The molecule has 2 saturated heterocycles. The SMILES string of the molecule is CC(C)(C)N(Cc1ccc(C(=O)NNC(=O)[C@@H]2CC[C@@H]3CN2C(=O)N3OS(=O)(=O)O)cc1)C(=O)O[n+]1ccccc1. The van der Waals surface area contributed by atoms with Gasteiger partial charge in [0.05, 0.1) is 6.04 Å². The van der Waals surface area contributed by atoms with Crippen molar-refractivity contribution in [1.29, 1.82) is 0 Å². The molecule has 41 heavy (non-hydrogen) atoms. The van der Waals surface area contributed by atoms with E-state index in [-0.39, 0.29) is 31.5 Å². The first-order valence-electron chi connectivity index (χ1n) is 12.6. The molecule has 2 atom stereocenters. The van der Waals surface area contributed by atoms with Crippen molar-refractivity contribution in [3.05, 3.63) is 66.0 Å². The number of amides is 5. The van der Waals surface area contributed by atoms with Crippen molar-refractivity contribution in [3.8, 4) is 0 Å². The highest BCUT2D eigenvalue weighted by Gasteiger charge is 2.49. The fourth-order valence-electron chi connectivity index (χ4n) is 4.48. The third-order valence-corrected chi connectivity index (χ3v) is 6.91. The van der Waals surface area contributed by atoms with Gasteiger partial charge in [-0.25, -0.2) is 9.59 Å². The lowest BCUT2D eigenvalue weighted by Crippen LogP contribution is -2.55. The zero-order valence-electron chi connectivity index (χ0n) is 22.6. The Morgan fingerprint density at radius 3 is 2.34 bits per heavy atom. The predicted octanol–water partition coefficient (Wildman–Crippen LogP) is 0.587. The van der Waals surface area contributed by atoms with E-state index in [2.05, 4.69) is 15.1 Å². The molecular weight excluding hydrogens is 560 g/mol. The Morgan fingerprint density at radius 1 is 1.07 bits per heavy atom. The number of nitrogens with one attached hydrogen (secondary N) is 2. The summed E-state index contributed by atoms with van der Waals surface area (Å²) in [6, 6.07) is 9.17. The summed E-state index contributed by atoms with van der Waals surface area (Å²) in [5.41, 5.74) is 4.99. The molecule has 0 saturated carbocycles. The minimum absolute atomic E-state index is 0.0189. The highest BCUT2D eigenvalue weighted by atomic mass is 32.3. The minimum atomic E-state index is -4.91. The van der Waals surface area contributed by atoms with Crippen LogP contribution in [-0.4, -0.2) is 75.9 Å². The van der Waals surface area contributed by atoms with Crippen LogP contribution in [-0.2, 0) is 26.0 Å². The van der Waals surface area contributed by atoms with Gasteiger partial charge in [-0.1, -0.05) is 18.2 Å². The van der Waals surface area contributed by atoms with Crippen molar-refractivity contribution < 1.29 is 46.0 Å². The Bertz CT molecular complexity index is 1410. The van der Waals surface area contributed by atoms with Gasteiger partial charge in [-0.2, -0.15) is 18.3 Å². The summed E-state index contributed by atoms with van der Waals surface area (Å²) in [5.74, 6) is -1.29. The number of hydrazine groups is 1. The van der Waals surface area contributed by atoms with Gasteiger partial charge in [-0.15, -0.1) is 4.28 Å². The normalized spacial score (nSPS) is 18.6. The molecular formula is C25H31N6O9S+. The topological polar surface area (TPSA) is 179 Å². The Morgan fingerprint density at radius 2 is 1.73 bits per heavy atom. The molecule has 16 heteroatoms. The molecule has 4 rings (SSSR count).